The first kappa shape index (κ1) is 20.7. The van der Waals surface area contributed by atoms with Crippen LogP contribution >= 0.6 is 23.8 Å². The normalized spacial score (nSPS) is 18.8. The van der Waals surface area contributed by atoms with Gasteiger partial charge in [-0.05, 0) is 60.5 Å². The van der Waals surface area contributed by atoms with Crippen LogP contribution < -0.4 is 14.8 Å². The fourth-order valence-corrected chi connectivity index (χ4v) is 4.40. The molecule has 1 N–H and O–H groups in total. The molecule has 1 aliphatic heterocycles. The van der Waals surface area contributed by atoms with Gasteiger partial charge in [0.15, 0.2) is 22.4 Å². The number of allylic oxidation sites excluding steroid dienone is 1. The zero-order valence-corrected chi connectivity index (χ0v) is 18.5. The summed E-state index contributed by atoms with van der Waals surface area (Å²) in [6.07, 6.45) is 2.28. The van der Waals surface area contributed by atoms with Gasteiger partial charge in [-0.1, -0.05) is 29.8 Å². The zero-order chi connectivity index (χ0) is 21.3. The Morgan fingerprint density at radius 3 is 2.80 bits per heavy atom. The average molecular weight is 443 g/mol. The smallest absolute Gasteiger partial charge is 0.173 e. The summed E-state index contributed by atoms with van der Waals surface area (Å²) in [5, 5.41) is 4.60. The van der Waals surface area contributed by atoms with Gasteiger partial charge in [0.1, 0.15) is 6.61 Å². The molecule has 5 nitrogen and oxygen atoms in total. The lowest BCUT2D eigenvalue weighted by Crippen LogP contribution is -2.47. The lowest BCUT2D eigenvalue weighted by atomic mass is 9.85. The van der Waals surface area contributed by atoms with E-state index in [1.807, 2.05) is 54.4 Å². The van der Waals surface area contributed by atoms with Crippen molar-refractivity contribution in [3.05, 3.63) is 69.9 Å². The van der Waals surface area contributed by atoms with Crippen molar-refractivity contribution in [2.24, 2.45) is 0 Å². The van der Waals surface area contributed by atoms with Gasteiger partial charge in [-0.3, -0.25) is 4.79 Å². The van der Waals surface area contributed by atoms with Gasteiger partial charge >= 0.3 is 0 Å². The Labute approximate surface area is 186 Å². The predicted octanol–water partition coefficient (Wildman–Crippen LogP) is 4.80. The molecule has 7 heteroatoms. The Bertz CT molecular complexity index is 1040. The summed E-state index contributed by atoms with van der Waals surface area (Å²) in [5.41, 5.74) is 3.70. The molecular formula is C23H23ClN2O3S. The van der Waals surface area contributed by atoms with Crippen LogP contribution in [0.15, 0.2) is 53.7 Å². The molecule has 2 aliphatic rings. The monoisotopic (exact) mass is 442 g/mol. The van der Waals surface area contributed by atoms with Crippen LogP contribution in [0.3, 0.4) is 0 Å². The van der Waals surface area contributed by atoms with Gasteiger partial charge in [-0.25, -0.2) is 0 Å². The highest BCUT2D eigenvalue weighted by Crippen LogP contribution is 2.39. The summed E-state index contributed by atoms with van der Waals surface area (Å²) in [7, 11) is 3.52. The maximum absolute atomic E-state index is 12.7. The van der Waals surface area contributed by atoms with E-state index in [0.29, 0.717) is 34.7 Å². The van der Waals surface area contributed by atoms with Crippen LogP contribution in [-0.2, 0) is 11.4 Å². The topological polar surface area (TPSA) is 50.8 Å². The van der Waals surface area contributed by atoms with Gasteiger partial charge < -0.3 is 19.7 Å². The Balaban J connectivity index is 1.62. The fraction of sp³-hybridized carbons (Fsp3) is 0.304. The number of hydrogen-bond acceptors (Lipinski definition) is 4. The third-order valence-electron chi connectivity index (χ3n) is 5.50. The number of methoxy groups -OCH3 is 1. The van der Waals surface area contributed by atoms with Crippen LogP contribution in [0.4, 0.5) is 0 Å². The number of thiocarbonyl (C=S) groups is 1. The largest absolute Gasteiger partial charge is 0.493 e. The minimum Gasteiger partial charge on any atom is -0.493 e. The number of Topliss-reactive ketones (excluding diaryl/α,β-unsaturated/α-hetero) is 1. The molecule has 0 saturated heterocycles. The second kappa shape index (κ2) is 8.66. The third-order valence-corrected chi connectivity index (χ3v) is 6.13. The van der Waals surface area contributed by atoms with Crippen molar-refractivity contribution in [3.63, 3.8) is 0 Å². The number of benzene rings is 2. The Kier molecular flexibility index (Phi) is 5.97. The van der Waals surface area contributed by atoms with Crippen molar-refractivity contribution in [3.8, 4) is 11.5 Å². The van der Waals surface area contributed by atoms with E-state index >= 15 is 0 Å². The molecule has 4 rings (SSSR count). The maximum atomic E-state index is 12.7. The second-order valence-corrected chi connectivity index (χ2v) is 8.23. The first-order chi connectivity index (χ1) is 14.5. The summed E-state index contributed by atoms with van der Waals surface area (Å²) < 4.78 is 11.5. The van der Waals surface area contributed by atoms with Crippen LogP contribution in [0, 0.1) is 0 Å². The minimum atomic E-state index is -0.285. The van der Waals surface area contributed by atoms with Crippen molar-refractivity contribution in [2.75, 3.05) is 14.2 Å². The highest BCUT2D eigenvalue weighted by Gasteiger charge is 2.36. The molecule has 2 aromatic carbocycles. The molecule has 0 aromatic heterocycles. The molecule has 156 valence electrons. The number of carbonyl (C=O) groups is 1. The molecule has 30 heavy (non-hydrogen) atoms. The van der Waals surface area contributed by atoms with Crippen LogP contribution in [0.25, 0.3) is 0 Å². The molecule has 0 fully saturated rings. The lowest BCUT2D eigenvalue weighted by molar-refractivity contribution is -0.116. The first-order valence-electron chi connectivity index (χ1n) is 9.83. The van der Waals surface area contributed by atoms with Gasteiger partial charge in [0, 0.05) is 29.8 Å². The third kappa shape index (κ3) is 4.02. The summed E-state index contributed by atoms with van der Waals surface area (Å²) in [6.45, 7) is 0.376. The van der Waals surface area contributed by atoms with Gasteiger partial charge in [0.25, 0.3) is 0 Å². The quantitative estimate of drug-likeness (QED) is 0.671. The molecule has 0 bridgehead atoms. The number of rotatable bonds is 5. The van der Waals surface area contributed by atoms with Crippen LogP contribution in [0.2, 0.25) is 5.02 Å². The molecule has 2 aromatic rings. The molecule has 1 aliphatic carbocycles. The molecule has 1 atom stereocenters. The summed E-state index contributed by atoms with van der Waals surface area (Å²) >= 11 is 11.6. The van der Waals surface area contributed by atoms with Crippen LogP contribution in [0.1, 0.15) is 36.4 Å². The van der Waals surface area contributed by atoms with E-state index in [1.165, 1.54) is 0 Å². The van der Waals surface area contributed by atoms with E-state index < -0.39 is 0 Å². The van der Waals surface area contributed by atoms with Gasteiger partial charge in [0.05, 0.1) is 13.2 Å². The van der Waals surface area contributed by atoms with Crippen molar-refractivity contribution in [1.82, 2.24) is 10.2 Å². The number of nitrogens with zero attached hydrogens (tertiary/aromatic N) is 1. The lowest BCUT2D eigenvalue weighted by Gasteiger charge is -2.39. The van der Waals surface area contributed by atoms with Gasteiger partial charge in [-0.2, -0.15) is 0 Å². The predicted molar refractivity (Wildman–Crippen MR) is 121 cm³/mol. The summed E-state index contributed by atoms with van der Waals surface area (Å²) in [5.74, 6) is 1.40. The SMILES string of the molecule is COc1cc(C2NC(=S)N(C)C3=C2C(=O)CCC3)ccc1OCc1cccc(Cl)c1. The van der Waals surface area contributed by atoms with Gasteiger partial charge in [-0.15, -0.1) is 0 Å². The summed E-state index contributed by atoms with van der Waals surface area (Å²) in [6, 6.07) is 13.0. The average Bonchev–Trinajstić information content (AvgIpc) is 2.75. The fourth-order valence-electron chi connectivity index (χ4n) is 3.96. The highest BCUT2D eigenvalue weighted by molar-refractivity contribution is 7.80. The molecule has 1 heterocycles. The molecule has 1 unspecified atom stereocenters. The zero-order valence-electron chi connectivity index (χ0n) is 16.9. The van der Waals surface area contributed by atoms with Crippen molar-refractivity contribution in [2.45, 2.75) is 31.9 Å². The number of nitrogens with one attached hydrogen (secondary N) is 1. The Hall–Kier alpha value is -2.57. The molecule has 0 radical (unpaired) electrons. The minimum absolute atomic E-state index is 0.170. The Morgan fingerprint density at radius 1 is 1.20 bits per heavy atom. The number of hydrogen-bond donors (Lipinski definition) is 1. The van der Waals surface area contributed by atoms with E-state index in [-0.39, 0.29) is 11.8 Å². The van der Waals surface area contributed by atoms with Crippen LogP contribution in [0.5, 0.6) is 11.5 Å². The summed E-state index contributed by atoms with van der Waals surface area (Å²) in [4.78, 5) is 14.7. The van der Waals surface area contributed by atoms with Crippen molar-refractivity contribution < 1.29 is 14.3 Å². The van der Waals surface area contributed by atoms with E-state index in [1.54, 1.807) is 7.11 Å². The maximum Gasteiger partial charge on any atom is 0.173 e. The number of carbonyl (C=O) groups excluding carboxylic acids is 1. The second-order valence-electron chi connectivity index (χ2n) is 7.41. The van der Waals surface area contributed by atoms with E-state index in [2.05, 4.69) is 5.32 Å². The van der Waals surface area contributed by atoms with Crippen molar-refractivity contribution in [1.29, 1.82) is 0 Å². The molecular weight excluding hydrogens is 420 g/mol. The number of ketones is 1. The van der Waals surface area contributed by atoms with Gasteiger partial charge in [0.2, 0.25) is 0 Å². The number of halogens is 1. The molecule has 0 saturated carbocycles. The van der Waals surface area contributed by atoms with E-state index in [9.17, 15) is 4.79 Å². The molecule has 0 amide bonds. The Morgan fingerprint density at radius 2 is 2.03 bits per heavy atom. The standard InChI is InChI=1S/C23H23ClN2O3S/c1-26-17-7-4-8-18(27)21(17)22(25-23(26)30)15-9-10-19(20(12-15)28-2)29-13-14-5-3-6-16(24)11-14/h3,5-6,9-12,22H,4,7-8,13H2,1-2H3,(H,25,30). The van der Waals surface area contributed by atoms with E-state index in [0.717, 1.165) is 35.2 Å². The molecule has 0 spiro atoms. The van der Waals surface area contributed by atoms with Crippen LogP contribution in [-0.4, -0.2) is 30.0 Å². The van der Waals surface area contributed by atoms with E-state index in [4.69, 9.17) is 33.3 Å². The first-order valence-corrected chi connectivity index (χ1v) is 10.6. The number of ether oxygens (including phenoxy) is 2. The highest BCUT2D eigenvalue weighted by atomic mass is 35.5. The van der Waals surface area contributed by atoms with Crippen molar-refractivity contribution >= 4 is 34.7 Å².